The van der Waals surface area contributed by atoms with E-state index in [1.807, 2.05) is 0 Å². The van der Waals surface area contributed by atoms with Gasteiger partial charge in [-0.1, -0.05) is 91.0 Å². The van der Waals surface area contributed by atoms with E-state index in [4.69, 9.17) is 0 Å². The zero-order valence-corrected chi connectivity index (χ0v) is 20.2. The van der Waals surface area contributed by atoms with Crippen molar-refractivity contribution >= 4 is 55.8 Å². The van der Waals surface area contributed by atoms with Crippen LogP contribution in [0.3, 0.4) is 0 Å². The fourth-order valence-corrected chi connectivity index (χ4v) is 5.74. The third kappa shape index (κ3) is 3.11. The summed E-state index contributed by atoms with van der Waals surface area (Å²) >= 11 is 0. The van der Waals surface area contributed by atoms with E-state index >= 15 is 0 Å². The molecule has 0 fully saturated rings. The second-order valence-electron chi connectivity index (χ2n) is 9.30. The Kier molecular flexibility index (Phi) is 4.78. The van der Waals surface area contributed by atoms with E-state index in [2.05, 4.69) is 143 Å². The second kappa shape index (κ2) is 8.28. The van der Waals surface area contributed by atoms with Crippen molar-refractivity contribution in [1.82, 2.24) is 9.13 Å². The van der Waals surface area contributed by atoms with Gasteiger partial charge in [-0.15, -0.1) is 0 Å². The molecule has 0 N–H and O–H groups in total. The molecule has 0 radical (unpaired) electrons. The third-order valence-corrected chi connectivity index (χ3v) is 7.30. The fourth-order valence-electron chi connectivity index (χ4n) is 5.74. The predicted molar refractivity (Wildman–Crippen MR) is 155 cm³/mol. The molecule has 0 saturated carbocycles. The molecule has 0 spiro atoms. The second-order valence-corrected chi connectivity index (χ2v) is 9.30. The quantitative estimate of drug-likeness (QED) is 0.231. The average molecular weight is 463 g/mol. The van der Waals surface area contributed by atoms with Crippen LogP contribution in [0.4, 0.5) is 0 Å². The highest BCUT2D eigenvalue weighted by atomic mass is 15.0. The predicted octanol–water partition coefficient (Wildman–Crippen LogP) is 9.08. The van der Waals surface area contributed by atoms with Gasteiger partial charge in [0, 0.05) is 39.3 Å². The smallest absolute Gasteiger partial charge is 0.0564 e. The lowest BCUT2D eigenvalue weighted by Gasteiger charge is -2.07. The summed E-state index contributed by atoms with van der Waals surface area (Å²) in [5, 5.41) is 5.19. The van der Waals surface area contributed by atoms with Gasteiger partial charge in [0.25, 0.3) is 0 Å². The van der Waals surface area contributed by atoms with Crippen molar-refractivity contribution in [2.75, 3.05) is 0 Å². The Morgan fingerprint density at radius 2 is 1.22 bits per heavy atom. The average Bonchev–Trinajstić information content (AvgIpc) is 3.45. The molecule has 0 aliphatic carbocycles. The number of para-hydroxylation sites is 4. The van der Waals surface area contributed by atoms with E-state index in [0.29, 0.717) is 0 Å². The normalized spacial score (nSPS) is 12.0. The lowest BCUT2D eigenvalue weighted by atomic mass is 10.1. The molecule has 2 nitrogen and oxygen atoms in total. The fraction of sp³-hybridized carbons (Fsp3) is 0.0588. The van der Waals surface area contributed by atoms with Crippen molar-refractivity contribution in [3.05, 3.63) is 126 Å². The monoisotopic (exact) mass is 462 g/mol. The van der Waals surface area contributed by atoms with E-state index in [0.717, 1.165) is 6.54 Å². The van der Waals surface area contributed by atoms with Gasteiger partial charge in [0.1, 0.15) is 0 Å². The number of nitrogens with zero attached hydrogens (tertiary/aromatic N) is 2. The number of rotatable bonds is 4. The van der Waals surface area contributed by atoms with Gasteiger partial charge in [0.05, 0.1) is 16.6 Å². The van der Waals surface area contributed by atoms with Crippen molar-refractivity contribution in [3.8, 4) is 5.69 Å². The van der Waals surface area contributed by atoms with E-state index in [-0.39, 0.29) is 0 Å². The van der Waals surface area contributed by atoms with E-state index in [1.54, 1.807) is 0 Å². The topological polar surface area (TPSA) is 9.86 Å². The van der Waals surface area contributed by atoms with Gasteiger partial charge in [-0.25, -0.2) is 0 Å². The van der Waals surface area contributed by atoms with Crippen molar-refractivity contribution in [1.29, 1.82) is 0 Å². The highest BCUT2D eigenvalue weighted by Crippen LogP contribution is 2.34. The number of hydrogen-bond donors (Lipinski definition) is 0. The van der Waals surface area contributed by atoms with Gasteiger partial charge in [0.15, 0.2) is 0 Å². The summed E-state index contributed by atoms with van der Waals surface area (Å²) in [6, 6.07) is 41.5. The summed E-state index contributed by atoms with van der Waals surface area (Å²) in [5.74, 6) is 0. The first-order chi connectivity index (χ1) is 17.8. The molecule has 7 aromatic rings. The first kappa shape index (κ1) is 20.8. The molecule has 172 valence electrons. The molecule has 0 atom stereocenters. The Balaban J connectivity index is 1.39. The molecule has 2 aromatic heterocycles. The molecule has 36 heavy (non-hydrogen) atoms. The first-order valence-electron chi connectivity index (χ1n) is 12.6. The molecule has 0 amide bonds. The highest BCUT2D eigenvalue weighted by molar-refractivity contribution is 6.12. The van der Waals surface area contributed by atoms with E-state index < -0.39 is 0 Å². The lowest BCUT2D eigenvalue weighted by Crippen LogP contribution is -1.94. The van der Waals surface area contributed by atoms with Crippen LogP contribution in [0, 0.1) is 0 Å². The summed E-state index contributed by atoms with van der Waals surface area (Å²) < 4.78 is 4.79. The van der Waals surface area contributed by atoms with Crippen LogP contribution in [0.5, 0.6) is 0 Å². The number of benzene rings is 5. The largest absolute Gasteiger partial charge is 0.340 e. The van der Waals surface area contributed by atoms with Crippen LogP contribution < -0.4 is 0 Å². The van der Waals surface area contributed by atoms with E-state index in [1.165, 1.54) is 60.4 Å². The summed E-state index contributed by atoms with van der Waals surface area (Å²) in [5.41, 5.74) is 8.70. The van der Waals surface area contributed by atoms with Crippen LogP contribution in [0.25, 0.3) is 61.5 Å². The van der Waals surface area contributed by atoms with E-state index in [9.17, 15) is 0 Å². The Bertz CT molecular complexity index is 1920. The van der Waals surface area contributed by atoms with Crippen molar-refractivity contribution in [2.24, 2.45) is 0 Å². The summed E-state index contributed by atoms with van der Waals surface area (Å²) in [6.45, 7) is 3.17. The number of fused-ring (bicyclic) bond motifs is 6. The summed E-state index contributed by atoms with van der Waals surface area (Å²) in [7, 11) is 0. The standard InChI is InChI=1S/C34H26N2/c1-2-35-31-17-8-6-14-27(31)29-16-10-11-25(34(29)35)21-19-24-20-22-33-30(23-24)28-15-7-9-18-32(28)36(33)26-12-4-3-5-13-26/h3-23H,2H2,1H3/b21-19-. The van der Waals surface area contributed by atoms with Gasteiger partial charge in [-0.3, -0.25) is 0 Å². The van der Waals surface area contributed by atoms with Crippen LogP contribution >= 0.6 is 0 Å². The molecule has 2 heteroatoms. The van der Waals surface area contributed by atoms with Crippen molar-refractivity contribution < 1.29 is 0 Å². The highest BCUT2D eigenvalue weighted by Gasteiger charge is 2.13. The molecule has 7 rings (SSSR count). The minimum absolute atomic E-state index is 0.944. The van der Waals surface area contributed by atoms with Gasteiger partial charge < -0.3 is 9.13 Å². The van der Waals surface area contributed by atoms with Gasteiger partial charge >= 0.3 is 0 Å². The summed E-state index contributed by atoms with van der Waals surface area (Å²) in [4.78, 5) is 0. The molecular formula is C34H26N2. The maximum atomic E-state index is 2.43. The molecule has 0 bridgehead atoms. The number of aromatic nitrogens is 2. The lowest BCUT2D eigenvalue weighted by molar-refractivity contribution is 0.826. The minimum atomic E-state index is 0.944. The third-order valence-electron chi connectivity index (χ3n) is 7.30. The molecule has 0 saturated heterocycles. The summed E-state index contributed by atoms with van der Waals surface area (Å²) in [6.07, 6.45) is 4.52. The SMILES string of the molecule is CCn1c2ccccc2c2cccc(/C=C\c3ccc4c(c3)c3ccccc3n4-c3ccccc3)c21. The van der Waals surface area contributed by atoms with Crippen molar-refractivity contribution in [3.63, 3.8) is 0 Å². The molecule has 5 aromatic carbocycles. The molecule has 0 aliphatic rings. The van der Waals surface area contributed by atoms with Gasteiger partial charge in [-0.2, -0.15) is 0 Å². The maximum Gasteiger partial charge on any atom is 0.0564 e. The molecule has 0 unspecified atom stereocenters. The minimum Gasteiger partial charge on any atom is -0.340 e. The molecular weight excluding hydrogens is 436 g/mol. The maximum absolute atomic E-state index is 2.43. The Morgan fingerprint density at radius 3 is 2.03 bits per heavy atom. The van der Waals surface area contributed by atoms with Crippen LogP contribution in [-0.2, 0) is 6.54 Å². The Morgan fingerprint density at radius 1 is 0.556 bits per heavy atom. The Hall–Kier alpha value is -4.56. The first-order valence-corrected chi connectivity index (χ1v) is 12.6. The zero-order chi connectivity index (χ0) is 24.1. The Labute approximate surface area is 210 Å². The van der Waals surface area contributed by atoms with Crippen molar-refractivity contribution in [2.45, 2.75) is 13.5 Å². The van der Waals surface area contributed by atoms with Crippen LogP contribution in [0.1, 0.15) is 18.1 Å². The van der Waals surface area contributed by atoms with Gasteiger partial charge in [-0.05, 0) is 54.4 Å². The number of aryl methyl sites for hydroxylation is 1. The molecule has 0 aliphatic heterocycles. The molecule has 2 heterocycles. The zero-order valence-electron chi connectivity index (χ0n) is 20.2. The van der Waals surface area contributed by atoms with Crippen LogP contribution in [0.15, 0.2) is 115 Å². The number of hydrogen-bond acceptors (Lipinski definition) is 0. The van der Waals surface area contributed by atoms with Crippen LogP contribution in [0.2, 0.25) is 0 Å². The van der Waals surface area contributed by atoms with Crippen LogP contribution in [-0.4, -0.2) is 9.13 Å². The van der Waals surface area contributed by atoms with Gasteiger partial charge in [0.2, 0.25) is 0 Å².